The van der Waals surface area contributed by atoms with Crippen molar-refractivity contribution in [2.24, 2.45) is 0 Å². The van der Waals surface area contributed by atoms with Gasteiger partial charge in [0, 0.05) is 22.7 Å². The van der Waals surface area contributed by atoms with E-state index in [9.17, 15) is 4.79 Å². The number of para-hydroxylation sites is 1. The zero-order chi connectivity index (χ0) is 13.2. The molecule has 0 bridgehead atoms. The highest BCUT2D eigenvalue weighted by molar-refractivity contribution is 6.09. The number of hydrogen-bond donors (Lipinski definition) is 2. The number of nitrogens with one attached hydrogen (secondary N) is 2. The van der Waals surface area contributed by atoms with E-state index in [1.165, 1.54) is 4.90 Å². The maximum atomic E-state index is 12.6. The summed E-state index contributed by atoms with van der Waals surface area (Å²) in [5.74, 6) is 0.217. The highest BCUT2D eigenvalue weighted by atomic mass is 16.5. The number of Topliss-reactive ketones (excluding diaryl/α,β-unsaturated/α-hetero) is 1. The molecule has 0 spiro atoms. The third kappa shape index (κ3) is 2.29. The van der Waals surface area contributed by atoms with Crippen LogP contribution in [0.25, 0.3) is 10.9 Å². The highest BCUT2D eigenvalue weighted by Crippen LogP contribution is 2.18. The summed E-state index contributed by atoms with van der Waals surface area (Å²) < 4.78 is 5.35. The maximum Gasteiger partial charge on any atom is 0.221 e. The third-order valence-electron chi connectivity index (χ3n) is 4.00. The Labute approximate surface area is 112 Å². The number of H-pyrrole nitrogens is 1. The first-order valence-corrected chi connectivity index (χ1v) is 6.80. The molecule has 19 heavy (non-hydrogen) atoms. The van der Waals surface area contributed by atoms with Crippen LogP contribution in [0.2, 0.25) is 0 Å². The molecule has 2 N–H and O–H groups in total. The summed E-state index contributed by atoms with van der Waals surface area (Å²) >= 11 is 0. The van der Waals surface area contributed by atoms with Gasteiger partial charge in [0.05, 0.1) is 13.2 Å². The molecule has 100 valence electrons. The Hall–Kier alpha value is -1.65. The van der Waals surface area contributed by atoms with Gasteiger partial charge in [-0.15, -0.1) is 0 Å². The van der Waals surface area contributed by atoms with Crippen LogP contribution in [-0.2, 0) is 4.74 Å². The lowest BCUT2D eigenvalue weighted by atomic mass is 10.0. The van der Waals surface area contributed by atoms with Crippen LogP contribution in [0.1, 0.15) is 17.3 Å². The molecule has 3 rings (SSSR count). The lowest BCUT2D eigenvalue weighted by Crippen LogP contribution is -3.18. The van der Waals surface area contributed by atoms with Crippen molar-refractivity contribution in [1.29, 1.82) is 0 Å². The molecule has 1 aromatic heterocycles. The molecule has 0 unspecified atom stereocenters. The van der Waals surface area contributed by atoms with Crippen LogP contribution < -0.4 is 4.90 Å². The Morgan fingerprint density at radius 3 is 2.84 bits per heavy atom. The number of morpholine rings is 1. The van der Waals surface area contributed by atoms with Crippen LogP contribution in [0.5, 0.6) is 0 Å². The average Bonchev–Trinajstić information content (AvgIpc) is 2.90. The largest absolute Gasteiger partial charge is 0.370 e. The zero-order valence-electron chi connectivity index (χ0n) is 11.1. The lowest BCUT2D eigenvalue weighted by Gasteiger charge is -2.28. The molecule has 4 nitrogen and oxygen atoms in total. The fraction of sp³-hybridized carbons (Fsp3) is 0.400. The van der Waals surface area contributed by atoms with Crippen LogP contribution in [0.15, 0.2) is 30.5 Å². The summed E-state index contributed by atoms with van der Waals surface area (Å²) in [6.07, 6.45) is 1.84. The minimum absolute atomic E-state index is 0.0110. The first kappa shape index (κ1) is 12.4. The monoisotopic (exact) mass is 259 g/mol. The molecule has 0 radical (unpaired) electrons. The second kappa shape index (κ2) is 5.15. The Morgan fingerprint density at radius 1 is 1.32 bits per heavy atom. The van der Waals surface area contributed by atoms with Crippen molar-refractivity contribution in [1.82, 2.24) is 4.98 Å². The minimum atomic E-state index is -0.0110. The summed E-state index contributed by atoms with van der Waals surface area (Å²) in [6.45, 7) is 5.34. The first-order chi connectivity index (χ1) is 9.27. The molecular weight excluding hydrogens is 240 g/mol. The normalized spacial score (nSPS) is 18.6. The summed E-state index contributed by atoms with van der Waals surface area (Å²) in [5, 5.41) is 1.02. The predicted octanol–water partition coefficient (Wildman–Crippen LogP) is 0.654. The van der Waals surface area contributed by atoms with Gasteiger partial charge in [0.1, 0.15) is 19.1 Å². The zero-order valence-corrected chi connectivity index (χ0v) is 11.1. The number of benzene rings is 1. The van der Waals surface area contributed by atoms with E-state index in [0.717, 1.165) is 42.8 Å². The van der Waals surface area contributed by atoms with E-state index in [0.29, 0.717) is 0 Å². The van der Waals surface area contributed by atoms with Crippen molar-refractivity contribution in [2.75, 3.05) is 26.3 Å². The summed E-state index contributed by atoms with van der Waals surface area (Å²) in [6, 6.07) is 7.94. The van der Waals surface area contributed by atoms with Crippen LogP contribution in [-0.4, -0.2) is 43.1 Å². The van der Waals surface area contributed by atoms with Crippen molar-refractivity contribution in [2.45, 2.75) is 13.0 Å². The van der Waals surface area contributed by atoms with E-state index in [-0.39, 0.29) is 11.8 Å². The molecule has 1 aromatic carbocycles. The van der Waals surface area contributed by atoms with E-state index in [4.69, 9.17) is 4.74 Å². The van der Waals surface area contributed by atoms with Crippen LogP contribution in [0.4, 0.5) is 0 Å². The summed E-state index contributed by atoms with van der Waals surface area (Å²) in [5.41, 5.74) is 1.83. The number of fused-ring (bicyclic) bond motifs is 1. The number of aromatic nitrogens is 1. The van der Waals surface area contributed by atoms with Crippen molar-refractivity contribution in [3.8, 4) is 0 Å². The van der Waals surface area contributed by atoms with E-state index < -0.39 is 0 Å². The van der Waals surface area contributed by atoms with Gasteiger partial charge in [-0.2, -0.15) is 0 Å². The molecule has 1 atom stereocenters. The van der Waals surface area contributed by atoms with Gasteiger partial charge in [-0.1, -0.05) is 18.2 Å². The van der Waals surface area contributed by atoms with Gasteiger partial charge < -0.3 is 14.6 Å². The second-order valence-electron chi connectivity index (χ2n) is 5.10. The standard InChI is InChI=1S/C15H18N2O2/c1-11(17-6-8-19-9-7-17)15(18)13-10-16-14-5-3-2-4-12(13)14/h2-5,10-11,16H,6-9H2,1H3/p+1/t11-/m0/s1. The van der Waals surface area contributed by atoms with Gasteiger partial charge in [-0.3, -0.25) is 4.79 Å². The van der Waals surface area contributed by atoms with Gasteiger partial charge in [0.25, 0.3) is 0 Å². The molecule has 4 heteroatoms. The van der Waals surface area contributed by atoms with Gasteiger partial charge >= 0.3 is 0 Å². The Balaban J connectivity index is 1.86. The van der Waals surface area contributed by atoms with E-state index in [1.807, 2.05) is 37.4 Å². The molecule has 0 aliphatic carbocycles. The molecule has 0 amide bonds. The summed E-state index contributed by atoms with van der Waals surface area (Å²) in [7, 11) is 0. The number of carbonyl (C=O) groups is 1. The van der Waals surface area contributed by atoms with Crippen LogP contribution >= 0.6 is 0 Å². The third-order valence-corrected chi connectivity index (χ3v) is 4.00. The molecule has 1 aliphatic rings. The molecule has 1 saturated heterocycles. The van der Waals surface area contributed by atoms with Crippen LogP contribution in [0, 0.1) is 0 Å². The number of rotatable bonds is 3. The Morgan fingerprint density at radius 2 is 2.05 bits per heavy atom. The number of quaternary nitrogens is 1. The topological polar surface area (TPSA) is 46.5 Å². The lowest BCUT2D eigenvalue weighted by molar-refractivity contribution is -0.921. The predicted molar refractivity (Wildman–Crippen MR) is 73.6 cm³/mol. The molecule has 0 saturated carbocycles. The smallest absolute Gasteiger partial charge is 0.221 e. The van der Waals surface area contributed by atoms with Crippen molar-refractivity contribution >= 4 is 16.7 Å². The van der Waals surface area contributed by atoms with Gasteiger partial charge in [-0.25, -0.2) is 0 Å². The quantitative estimate of drug-likeness (QED) is 0.795. The SMILES string of the molecule is C[C@@H](C(=O)c1c[nH]c2ccccc12)[NH+]1CCOCC1. The molecular formula is C15H19N2O2+. The molecule has 2 aromatic rings. The average molecular weight is 259 g/mol. The summed E-state index contributed by atoms with van der Waals surface area (Å²) in [4.78, 5) is 17.1. The molecule has 2 heterocycles. The van der Waals surface area contributed by atoms with E-state index in [2.05, 4.69) is 4.98 Å². The Bertz CT molecular complexity index is 585. The van der Waals surface area contributed by atoms with E-state index >= 15 is 0 Å². The van der Waals surface area contributed by atoms with Crippen molar-refractivity contribution in [3.05, 3.63) is 36.0 Å². The van der Waals surface area contributed by atoms with Gasteiger partial charge in [-0.05, 0) is 13.0 Å². The van der Waals surface area contributed by atoms with Gasteiger partial charge in [0.15, 0.2) is 0 Å². The number of aromatic amines is 1. The maximum absolute atomic E-state index is 12.6. The fourth-order valence-electron chi connectivity index (χ4n) is 2.76. The fourth-order valence-corrected chi connectivity index (χ4v) is 2.76. The number of ketones is 1. The number of ether oxygens (including phenoxy) is 1. The molecule has 1 aliphatic heterocycles. The van der Waals surface area contributed by atoms with Crippen LogP contribution in [0.3, 0.4) is 0 Å². The van der Waals surface area contributed by atoms with Crippen molar-refractivity contribution < 1.29 is 14.4 Å². The van der Waals surface area contributed by atoms with Crippen molar-refractivity contribution in [3.63, 3.8) is 0 Å². The molecule has 1 fully saturated rings. The Kier molecular flexibility index (Phi) is 3.36. The number of hydrogen-bond acceptors (Lipinski definition) is 2. The first-order valence-electron chi connectivity index (χ1n) is 6.80. The number of carbonyl (C=O) groups excluding carboxylic acids is 1. The second-order valence-corrected chi connectivity index (χ2v) is 5.10. The van der Waals surface area contributed by atoms with Gasteiger partial charge in [0.2, 0.25) is 5.78 Å². The highest BCUT2D eigenvalue weighted by Gasteiger charge is 2.29. The minimum Gasteiger partial charge on any atom is -0.370 e. The van der Waals surface area contributed by atoms with E-state index in [1.54, 1.807) is 0 Å².